The minimum Gasteiger partial charge on any atom is -0.390 e. The molecule has 2 aromatic rings. The summed E-state index contributed by atoms with van der Waals surface area (Å²) in [5, 5.41) is 33.4. The first-order valence-corrected chi connectivity index (χ1v) is 10.6. The second-order valence-electron chi connectivity index (χ2n) is 8.41. The Morgan fingerprint density at radius 3 is 2.83 bits per heavy atom. The topological polar surface area (TPSA) is 120 Å². The molecular weight excluding hydrogens is 497 g/mol. The molecule has 6 atom stereocenters. The zero-order valence-electron chi connectivity index (χ0n) is 15.3. The number of hydrogen-bond acceptors (Lipinski definition) is 7. The van der Waals surface area contributed by atoms with Gasteiger partial charge in [-0.2, -0.15) is 5.26 Å². The summed E-state index contributed by atoms with van der Waals surface area (Å²) in [5.74, 6) is -2.31. The van der Waals surface area contributed by atoms with Gasteiger partial charge in [-0.25, -0.2) is 23.7 Å². The molecule has 3 saturated carbocycles. The lowest BCUT2D eigenvalue weighted by atomic mass is 9.96. The number of rotatable bonds is 4. The fourth-order valence-corrected chi connectivity index (χ4v) is 5.67. The van der Waals surface area contributed by atoms with E-state index in [1.807, 2.05) is 22.6 Å². The van der Waals surface area contributed by atoms with E-state index in [1.165, 1.54) is 0 Å². The molecule has 0 unspecified atom stereocenters. The molecule has 0 aliphatic heterocycles. The number of hydrogen-bond donors (Lipinski definition) is 3. The van der Waals surface area contributed by atoms with Crippen molar-refractivity contribution in [3.05, 3.63) is 10.2 Å². The van der Waals surface area contributed by atoms with E-state index in [4.69, 9.17) is 5.26 Å². The van der Waals surface area contributed by atoms with E-state index in [-0.39, 0.29) is 25.2 Å². The highest BCUT2D eigenvalue weighted by Gasteiger charge is 2.71. The lowest BCUT2D eigenvalue weighted by molar-refractivity contribution is -0.0165. The second kappa shape index (κ2) is 6.42. The quantitative estimate of drug-likeness (QED) is 0.421. The molecule has 0 aromatic carbocycles. The van der Waals surface area contributed by atoms with Gasteiger partial charge in [-0.3, -0.25) is 0 Å². The number of alkyl halides is 2. The van der Waals surface area contributed by atoms with Crippen LogP contribution >= 0.6 is 22.6 Å². The molecule has 154 valence electrons. The zero-order valence-corrected chi connectivity index (χ0v) is 17.4. The summed E-state index contributed by atoms with van der Waals surface area (Å²) in [6, 6.07) is 1.28. The molecule has 3 N–H and O–H groups in total. The predicted molar refractivity (Wildman–Crippen MR) is 106 cm³/mol. The molecule has 2 aromatic heterocycles. The number of aliphatic hydroxyl groups is 2. The molecule has 0 radical (unpaired) electrons. The SMILES string of the molecule is N#CC[C@@]12C[C@@H]1[C@@H](n1cnc3c(N[C@H]4CCC(F)(F)C4)nc(I)nc31)[C@H](O)[C@@H]2O. The van der Waals surface area contributed by atoms with Gasteiger partial charge in [-0.05, 0) is 18.8 Å². The van der Waals surface area contributed by atoms with E-state index < -0.39 is 35.6 Å². The third-order valence-electron chi connectivity index (χ3n) is 6.72. The van der Waals surface area contributed by atoms with Crippen LogP contribution in [0.25, 0.3) is 11.2 Å². The summed E-state index contributed by atoms with van der Waals surface area (Å²) >= 11 is 1.96. The number of aliphatic hydroxyl groups excluding tert-OH is 2. The minimum absolute atomic E-state index is 0.0397. The smallest absolute Gasteiger partial charge is 0.250 e. The molecule has 29 heavy (non-hydrogen) atoms. The van der Waals surface area contributed by atoms with Crippen LogP contribution in [0.2, 0.25) is 0 Å². The van der Waals surface area contributed by atoms with Gasteiger partial charge < -0.3 is 20.1 Å². The molecular formula is C18H19F2IN6O2. The van der Waals surface area contributed by atoms with Crippen molar-refractivity contribution in [3.63, 3.8) is 0 Å². The van der Waals surface area contributed by atoms with Crippen molar-refractivity contribution in [3.8, 4) is 6.07 Å². The predicted octanol–water partition coefficient (Wildman–Crippen LogP) is 2.23. The summed E-state index contributed by atoms with van der Waals surface area (Å²) < 4.78 is 29.3. The zero-order chi connectivity index (χ0) is 20.6. The molecule has 8 nitrogen and oxygen atoms in total. The summed E-state index contributed by atoms with van der Waals surface area (Å²) in [7, 11) is 0. The Balaban J connectivity index is 1.50. The molecule has 3 aliphatic rings. The molecule has 0 spiro atoms. The summed E-state index contributed by atoms with van der Waals surface area (Å²) in [6.07, 6.45) is 0.335. The summed E-state index contributed by atoms with van der Waals surface area (Å²) in [6.45, 7) is 0. The van der Waals surface area contributed by atoms with Gasteiger partial charge in [0.15, 0.2) is 20.8 Å². The van der Waals surface area contributed by atoms with E-state index in [9.17, 15) is 19.0 Å². The van der Waals surface area contributed by atoms with Gasteiger partial charge in [0.2, 0.25) is 5.92 Å². The Labute approximate surface area is 178 Å². The number of nitriles is 1. The standard InChI is InChI=1S/C18H19F2IN6O2/c19-18(20)2-1-8(5-18)24-14-10-15(26-16(21)25-14)27(7-23-10)11-9-6-17(9,3-4-22)13(29)12(11)28/h7-9,11-13,28-29H,1-3,5-6H2,(H,24,25,26)/t8-,9+,11+,12-,13-,17+/m0/s1. The van der Waals surface area contributed by atoms with Crippen molar-refractivity contribution in [2.24, 2.45) is 11.3 Å². The van der Waals surface area contributed by atoms with Crippen LogP contribution in [0.3, 0.4) is 0 Å². The number of fused-ring (bicyclic) bond motifs is 2. The van der Waals surface area contributed by atoms with Crippen LogP contribution < -0.4 is 5.32 Å². The maximum Gasteiger partial charge on any atom is 0.250 e. The number of anilines is 1. The first-order valence-electron chi connectivity index (χ1n) is 9.53. The first kappa shape index (κ1) is 19.3. The lowest BCUT2D eigenvalue weighted by Crippen LogP contribution is -2.34. The number of imidazole rings is 1. The Hall–Kier alpha value is -1.65. The van der Waals surface area contributed by atoms with Crippen LogP contribution in [-0.2, 0) is 0 Å². The maximum atomic E-state index is 13.6. The average Bonchev–Trinajstić information content (AvgIpc) is 2.92. The van der Waals surface area contributed by atoms with Crippen molar-refractivity contribution < 1.29 is 19.0 Å². The lowest BCUT2D eigenvalue weighted by Gasteiger charge is -2.23. The average molecular weight is 516 g/mol. The molecule has 0 bridgehead atoms. The van der Waals surface area contributed by atoms with Crippen LogP contribution in [0.1, 0.15) is 38.1 Å². The molecule has 3 aliphatic carbocycles. The number of nitrogens with zero attached hydrogens (tertiary/aromatic N) is 5. The van der Waals surface area contributed by atoms with Gasteiger partial charge in [0, 0.05) is 53.3 Å². The van der Waals surface area contributed by atoms with E-state index in [1.54, 1.807) is 10.9 Å². The Morgan fingerprint density at radius 2 is 2.14 bits per heavy atom. The normalized spacial score (nSPS) is 37.4. The first-order chi connectivity index (χ1) is 13.8. The highest BCUT2D eigenvalue weighted by molar-refractivity contribution is 14.1. The van der Waals surface area contributed by atoms with Crippen molar-refractivity contribution in [1.29, 1.82) is 5.26 Å². The highest BCUT2D eigenvalue weighted by Crippen LogP contribution is 2.69. The summed E-state index contributed by atoms with van der Waals surface area (Å²) in [4.78, 5) is 13.2. The van der Waals surface area contributed by atoms with Crippen LogP contribution in [0.15, 0.2) is 6.33 Å². The van der Waals surface area contributed by atoms with Crippen LogP contribution in [-0.4, -0.2) is 53.9 Å². The minimum atomic E-state index is -2.67. The number of aromatic nitrogens is 4. The monoisotopic (exact) mass is 516 g/mol. The van der Waals surface area contributed by atoms with Gasteiger partial charge in [0.05, 0.1) is 24.5 Å². The second-order valence-corrected chi connectivity index (χ2v) is 9.37. The van der Waals surface area contributed by atoms with Gasteiger partial charge in [0.1, 0.15) is 6.10 Å². The fraction of sp³-hybridized carbons (Fsp3) is 0.667. The van der Waals surface area contributed by atoms with Gasteiger partial charge in [-0.1, -0.05) is 0 Å². The number of halogens is 3. The molecule has 2 heterocycles. The largest absolute Gasteiger partial charge is 0.390 e. The van der Waals surface area contributed by atoms with Crippen LogP contribution in [0.5, 0.6) is 0 Å². The van der Waals surface area contributed by atoms with Gasteiger partial charge in [0.25, 0.3) is 0 Å². The molecule has 0 amide bonds. The Kier molecular flexibility index (Phi) is 4.28. The van der Waals surface area contributed by atoms with Crippen LogP contribution in [0, 0.1) is 26.5 Å². The van der Waals surface area contributed by atoms with E-state index in [0.717, 1.165) is 0 Å². The van der Waals surface area contributed by atoms with E-state index >= 15 is 0 Å². The fourth-order valence-electron chi connectivity index (χ4n) is 5.21. The van der Waals surface area contributed by atoms with Crippen molar-refractivity contribution >= 4 is 39.6 Å². The van der Waals surface area contributed by atoms with Crippen LogP contribution in [0.4, 0.5) is 14.6 Å². The molecule has 3 fully saturated rings. The van der Waals surface area contributed by atoms with Crippen molar-refractivity contribution in [1.82, 2.24) is 19.5 Å². The molecule has 5 rings (SSSR count). The maximum absolute atomic E-state index is 13.6. The van der Waals surface area contributed by atoms with E-state index in [0.29, 0.717) is 33.7 Å². The van der Waals surface area contributed by atoms with E-state index in [2.05, 4.69) is 26.3 Å². The van der Waals surface area contributed by atoms with Crippen molar-refractivity contribution in [2.75, 3.05) is 5.32 Å². The molecule has 11 heteroatoms. The summed E-state index contributed by atoms with van der Waals surface area (Å²) in [5.41, 5.74) is 0.347. The Morgan fingerprint density at radius 1 is 1.34 bits per heavy atom. The third kappa shape index (κ3) is 2.90. The van der Waals surface area contributed by atoms with Gasteiger partial charge >= 0.3 is 0 Å². The molecule has 0 saturated heterocycles. The van der Waals surface area contributed by atoms with Gasteiger partial charge in [-0.15, -0.1) is 0 Å². The highest BCUT2D eigenvalue weighted by atomic mass is 127. The Bertz CT molecular complexity index is 1030. The third-order valence-corrected chi connectivity index (χ3v) is 7.20. The van der Waals surface area contributed by atoms with Crippen molar-refractivity contribution in [2.45, 2.75) is 62.3 Å². The number of nitrogens with one attached hydrogen (secondary N) is 1.